The third-order valence-electron chi connectivity index (χ3n) is 3.78. The van der Waals surface area contributed by atoms with Gasteiger partial charge in [-0.2, -0.15) is 0 Å². The van der Waals surface area contributed by atoms with Gasteiger partial charge in [-0.3, -0.25) is 0 Å². The summed E-state index contributed by atoms with van der Waals surface area (Å²) < 4.78 is 0. The first-order chi connectivity index (χ1) is 8.54. The lowest BCUT2D eigenvalue weighted by Crippen LogP contribution is -2.42. The van der Waals surface area contributed by atoms with Gasteiger partial charge in [0.25, 0.3) is 0 Å². The van der Waals surface area contributed by atoms with E-state index in [9.17, 15) is 0 Å². The van der Waals surface area contributed by atoms with Crippen LogP contribution in [0.1, 0.15) is 58.4 Å². The van der Waals surface area contributed by atoms with E-state index in [1.54, 1.807) is 0 Å². The maximum absolute atomic E-state index is 6.34. The van der Waals surface area contributed by atoms with Crippen molar-refractivity contribution in [3.8, 4) is 0 Å². The first-order valence-corrected chi connectivity index (χ1v) is 7.37. The van der Waals surface area contributed by atoms with Crippen LogP contribution in [0.4, 0.5) is 0 Å². The van der Waals surface area contributed by atoms with Crippen molar-refractivity contribution in [3.63, 3.8) is 0 Å². The van der Waals surface area contributed by atoms with Crippen LogP contribution in [-0.2, 0) is 6.42 Å². The fourth-order valence-corrected chi connectivity index (χ4v) is 2.45. The zero-order valence-electron chi connectivity index (χ0n) is 12.3. The highest BCUT2D eigenvalue weighted by atomic mass is 14.7. The zero-order chi connectivity index (χ0) is 13.4. The van der Waals surface area contributed by atoms with E-state index >= 15 is 0 Å². The first-order valence-electron chi connectivity index (χ1n) is 7.37. The minimum Gasteiger partial charge on any atom is -0.325 e. The van der Waals surface area contributed by atoms with Crippen molar-refractivity contribution in [3.05, 3.63) is 35.9 Å². The molecule has 0 saturated carbocycles. The second kappa shape index (κ2) is 7.58. The van der Waals surface area contributed by atoms with Crippen LogP contribution in [0.5, 0.6) is 0 Å². The van der Waals surface area contributed by atoms with Crippen molar-refractivity contribution in [2.75, 3.05) is 0 Å². The Morgan fingerprint density at radius 2 is 1.72 bits per heavy atom. The molecule has 0 aliphatic carbocycles. The van der Waals surface area contributed by atoms with Crippen molar-refractivity contribution in [2.24, 2.45) is 11.7 Å². The normalized spacial score (nSPS) is 13.6. The molecule has 18 heavy (non-hydrogen) atoms. The second-order valence-electron chi connectivity index (χ2n) is 6.06. The topological polar surface area (TPSA) is 26.0 Å². The average Bonchev–Trinajstić information content (AvgIpc) is 2.33. The molecule has 102 valence electrons. The van der Waals surface area contributed by atoms with E-state index in [1.165, 1.54) is 37.7 Å². The predicted molar refractivity (Wildman–Crippen MR) is 80.7 cm³/mol. The van der Waals surface area contributed by atoms with Crippen molar-refractivity contribution in [2.45, 2.75) is 64.8 Å². The predicted octanol–water partition coefficient (Wildman–Crippen LogP) is 4.55. The number of unbranched alkanes of at least 4 members (excludes halogenated alkanes) is 3. The van der Waals surface area contributed by atoms with Gasteiger partial charge in [0.2, 0.25) is 0 Å². The summed E-state index contributed by atoms with van der Waals surface area (Å²) in [5, 5.41) is 0. The van der Waals surface area contributed by atoms with Gasteiger partial charge in [0, 0.05) is 5.54 Å². The van der Waals surface area contributed by atoms with Crippen molar-refractivity contribution in [1.29, 1.82) is 0 Å². The second-order valence-corrected chi connectivity index (χ2v) is 6.06. The summed E-state index contributed by atoms with van der Waals surface area (Å²) in [6, 6.07) is 10.7. The fraction of sp³-hybridized carbons (Fsp3) is 0.647. The molecule has 1 atom stereocenters. The highest BCUT2D eigenvalue weighted by Crippen LogP contribution is 2.25. The Balaban J connectivity index is 2.51. The van der Waals surface area contributed by atoms with Gasteiger partial charge in [-0.15, -0.1) is 0 Å². The van der Waals surface area contributed by atoms with Crippen LogP contribution in [-0.4, -0.2) is 5.54 Å². The Bertz CT molecular complexity index is 310. The van der Waals surface area contributed by atoms with Gasteiger partial charge in [-0.1, -0.05) is 62.9 Å². The van der Waals surface area contributed by atoms with E-state index in [4.69, 9.17) is 5.73 Å². The molecule has 1 unspecified atom stereocenters. The molecule has 1 heteroatoms. The van der Waals surface area contributed by atoms with Gasteiger partial charge in [-0.25, -0.2) is 0 Å². The molecule has 0 spiro atoms. The van der Waals surface area contributed by atoms with Crippen molar-refractivity contribution in [1.82, 2.24) is 0 Å². The zero-order valence-corrected chi connectivity index (χ0v) is 12.3. The summed E-state index contributed by atoms with van der Waals surface area (Å²) in [7, 11) is 0. The first kappa shape index (κ1) is 15.2. The third kappa shape index (κ3) is 5.68. The van der Waals surface area contributed by atoms with Gasteiger partial charge in [-0.05, 0) is 38.2 Å². The molecule has 0 saturated heterocycles. The number of nitrogens with two attached hydrogens (primary N) is 1. The maximum atomic E-state index is 6.34. The van der Waals surface area contributed by atoms with Crippen LogP contribution in [0, 0.1) is 5.92 Å². The molecule has 1 nitrogen and oxygen atoms in total. The maximum Gasteiger partial charge on any atom is 0.0129 e. The highest BCUT2D eigenvalue weighted by molar-refractivity contribution is 5.16. The number of hydrogen-bond acceptors (Lipinski definition) is 1. The summed E-state index contributed by atoms with van der Waals surface area (Å²) in [5.74, 6) is 0.580. The monoisotopic (exact) mass is 247 g/mol. The van der Waals surface area contributed by atoms with E-state index in [0.717, 1.165) is 6.42 Å². The lowest BCUT2D eigenvalue weighted by atomic mass is 9.80. The Hall–Kier alpha value is -0.820. The summed E-state index contributed by atoms with van der Waals surface area (Å²) in [6.07, 6.45) is 7.66. The van der Waals surface area contributed by atoms with Gasteiger partial charge in [0.05, 0.1) is 0 Å². The molecule has 1 aromatic carbocycles. The van der Waals surface area contributed by atoms with Gasteiger partial charge < -0.3 is 5.73 Å². The molecule has 0 amide bonds. The Labute approximate surface area is 113 Å². The molecule has 1 aromatic rings. The summed E-state index contributed by atoms with van der Waals surface area (Å²) in [6.45, 7) is 6.59. The van der Waals surface area contributed by atoms with Gasteiger partial charge >= 0.3 is 0 Å². The van der Waals surface area contributed by atoms with Crippen LogP contribution in [0.15, 0.2) is 30.3 Å². The lowest BCUT2D eigenvalue weighted by molar-refractivity contribution is 0.290. The van der Waals surface area contributed by atoms with Crippen LogP contribution in [0.2, 0.25) is 0 Å². The summed E-state index contributed by atoms with van der Waals surface area (Å²) >= 11 is 0. The molecule has 0 bridgehead atoms. The summed E-state index contributed by atoms with van der Waals surface area (Å²) in [4.78, 5) is 0. The Kier molecular flexibility index (Phi) is 6.42. The minimum atomic E-state index is -0.0813. The van der Waals surface area contributed by atoms with Crippen LogP contribution < -0.4 is 5.73 Å². The van der Waals surface area contributed by atoms with Crippen molar-refractivity contribution >= 4 is 0 Å². The number of rotatable bonds is 8. The standard InChI is InChI=1S/C17H29N/c1-4-5-6-10-13-16(17(2,3)18)14-15-11-8-7-9-12-15/h7-9,11-12,16H,4-6,10,13-14,18H2,1-3H3. The molecular weight excluding hydrogens is 218 g/mol. The molecule has 0 aliphatic heterocycles. The van der Waals surface area contributed by atoms with Gasteiger partial charge in [0.1, 0.15) is 0 Å². The van der Waals surface area contributed by atoms with E-state index in [1.807, 2.05) is 0 Å². The van der Waals surface area contributed by atoms with Crippen LogP contribution in [0.25, 0.3) is 0 Å². The van der Waals surface area contributed by atoms with E-state index in [0.29, 0.717) is 5.92 Å². The van der Waals surface area contributed by atoms with E-state index in [-0.39, 0.29) is 5.54 Å². The molecule has 0 aromatic heterocycles. The number of hydrogen-bond donors (Lipinski definition) is 1. The van der Waals surface area contributed by atoms with Crippen LogP contribution in [0.3, 0.4) is 0 Å². The average molecular weight is 247 g/mol. The largest absolute Gasteiger partial charge is 0.325 e. The molecule has 0 radical (unpaired) electrons. The molecule has 0 heterocycles. The van der Waals surface area contributed by atoms with E-state index < -0.39 is 0 Å². The third-order valence-corrected chi connectivity index (χ3v) is 3.78. The smallest absolute Gasteiger partial charge is 0.0129 e. The molecule has 1 rings (SSSR count). The highest BCUT2D eigenvalue weighted by Gasteiger charge is 2.24. The lowest BCUT2D eigenvalue weighted by Gasteiger charge is -2.31. The Morgan fingerprint density at radius 1 is 1.06 bits per heavy atom. The molecule has 2 N–H and O–H groups in total. The minimum absolute atomic E-state index is 0.0813. The SMILES string of the molecule is CCCCCCC(Cc1ccccc1)C(C)(C)N. The van der Waals surface area contributed by atoms with Crippen LogP contribution >= 0.6 is 0 Å². The summed E-state index contributed by atoms with van der Waals surface area (Å²) in [5.41, 5.74) is 7.67. The molecule has 0 fully saturated rings. The Morgan fingerprint density at radius 3 is 2.28 bits per heavy atom. The molecular formula is C17H29N. The fourth-order valence-electron chi connectivity index (χ4n) is 2.45. The van der Waals surface area contributed by atoms with Gasteiger partial charge in [0.15, 0.2) is 0 Å². The van der Waals surface area contributed by atoms with E-state index in [2.05, 4.69) is 51.1 Å². The number of benzene rings is 1. The van der Waals surface area contributed by atoms with Crippen molar-refractivity contribution < 1.29 is 0 Å². The molecule has 0 aliphatic rings. The quantitative estimate of drug-likeness (QED) is 0.670.